The van der Waals surface area contributed by atoms with Crippen LogP contribution >= 0.6 is 11.8 Å². The van der Waals surface area contributed by atoms with Gasteiger partial charge in [-0.15, -0.1) is 0 Å². The molecule has 2 nitrogen and oxygen atoms in total. The molecule has 2 heterocycles. The van der Waals surface area contributed by atoms with Crippen LogP contribution in [0.1, 0.15) is 39.0 Å². The maximum absolute atomic E-state index is 6.09. The van der Waals surface area contributed by atoms with Crippen molar-refractivity contribution in [3.8, 4) is 0 Å². The molecular weight excluding hydrogens is 204 g/mol. The molecule has 0 amide bonds. The Labute approximate surface area is 98.0 Å². The van der Waals surface area contributed by atoms with E-state index < -0.39 is 0 Å². The lowest BCUT2D eigenvalue weighted by molar-refractivity contribution is 0.0842. The maximum atomic E-state index is 6.09. The minimum atomic E-state index is 0.478. The van der Waals surface area contributed by atoms with E-state index in [1.807, 2.05) is 11.8 Å². The fourth-order valence-electron chi connectivity index (χ4n) is 3.41. The average Bonchev–Trinajstić information content (AvgIpc) is 2.48. The van der Waals surface area contributed by atoms with Crippen molar-refractivity contribution in [2.45, 2.75) is 63.2 Å². The van der Waals surface area contributed by atoms with Crippen molar-refractivity contribution in [3.63, 3.8) is 0 Å². The molecule has 0 aromatic carbocycles. The molecule has 2 bridgehead atoms. The zero-order valence-electron chi connectivity index (χ0n) is 9.98. The summed E-state index contributed by atoms with van der Waals surface area (Å²) >= 11 is 1.97. The molecule has 3 atom stereocenters. The highest BCUT2D eigenvalue weighted by atomic mass is 32.2. The van der Waals surface area contributed by atoms with E-state index in [2.05, 4.69) is 18.1 Å². The zero-order chi connectivity index (χ0) is 10.8. The van der Waals surface area contributed by atoms with Gasteiger partial charge in [0.15, 0.2) is 0 Å². The lowest BCUT2D eigenvalue weighted by Gasteiger charge is -2.41. The second kappa shape index (κ2) is 5.07. The van der Waals surface area contributed by atoms with Gasteiger partial charge in [-0.2, -0.15) is 11.8 Å². The van der Waals surface area contributed by atoms with E-state index >= 15 is 0 Å². The predicted octanol–water partition coefficient (Wildman–Crippen LogP) is 2.08. The normalized spacial score (nSPS) is 38.2. The first-order chi connectivity index (χ1) is 7.22. The Balaban J connectivity index is 1.92. The third-order valence-electron chi connectivity index (χ3n) is 4.07. The van der Waals surface area contributed by atoms with Gasteiger partial charge in [0.05, 0.1) is 0 Å². The quantitative estimate of drug-likeness (QED) is 0.799. The van der Waals surface area contributed by atoms with Crippen molar-refractivity contribution in [2.75, 3.05) is 12.0 Å². The fraction of sp³-hybridized carbons (Fsp3) is 1.00. The fourth-order valence-corrected chi connectivity index (χ4v) is 3.99. The highest BCUT2D eigenvalue weighted by Gasteiger charge is 2.41. The molecule has 0 aliphatic carbocycles. The van der Waals surface area contributed by atoms with Crippen molar-refractivity contribution in [3.05, 3.63) is 0 Å². The number of thioether (sulfide) groups is 1. The van der Waals surface area contributed by atoms with Crippen LogP contribution in [0, 0.1) is 0 Å². The molecule has 2 aliphatic heterocycles. The van der Waals surface area contributed by atoms with E-state index in [1.54, 1.807) is 0 Å². The molecule has 2 saturated heterocycles. The Morgan fingerprint density at radius 2 is 1.93 bits per heavy atom. The van der Waals surface area contributed by atoms with E-state index in [0.29, 0.717) is 6.04 Å². The molecular formula is C12H24N2S. The molecule has 0 saturated carbocycles. The Bertz CT molecular complexity index is 196. The molecule has 2 rings (SSSR count). The van der Waals surface area contributed by atoms with E-state index in [0.717, 1.165) is 18.1 Å². The number of rotatable bonds is 4. The summed E-state index contributed by atoms with van der Waals surface area (Å²) in [7, 11) is 0. The Hall–Kier alpha value is 0.270. The Morgan fingerprint density at radius 3 is 2.47 bits per heavy atom. The van der Waals surface area contributed by atoms with Gasteiger partial charge in [-0.25, -0.2) is 0 Å². The Morgan fingerprint density at radius 1 is 1.33 bits per heavy atom. The van der Waals surface area contributed by atoms with Gasteiger partial charge in [-0.3, -0.25) is 4.90 Å². The summed E-state index contributed by atoms with van der Waals surface area (Å²) in [6.07, 6.45) is 8.79. The minimum absolute atomic E-state index is 0.478. The monoisotopic (exact) mass is 228 g/mol. The molecule has 2 aliphatic rings. The van der Waals surface area contributed by atoms with Gasteiger partial charge in [0.2, 0.25) is 0 Å². The topological polar surface area (TPSA) is 29.3 Å². The van der Waals surface area contributed by atoms with E-state index in [-0.39, 0.29) is 0 Å². The molecule has 0 aromatic heterocycles. The number of nitrogens with two attached hydrogens (primary N) is 1. The van der Waals surface area contributed by atoms with Crippen molar-refractivity contribution < 1.29 is 0 Å². The highest BCUT2D eigenvalue weighted by Crippen LogP contribution is 2.37. The SMILES string of the molecule is CSCCC(C)N1C2CCC1CC(N)C2. The molecule has 88 valence electrons. The summed E-state index contributed by atoms with van der Waals surface area (Å²) in [5.41, 5.74) is 6.09. The van der Waals surface area contributed by atoms with E-state index in [1.165, 1.54) is 37.9 Å². The first-order valence-corrected chi connectivity index (χ1v) is 7.63. The number of piperidine rings is 1. The second-order valence-electron chi connectivity index (χ2n) is 5.19. The summed E-state index contributed by atoms with van der Waals surface area (Å²) in [6, 6.07) is 2.85. The van der Waals surface area contributed by atoms with Crippen LogP contribution in [0.5, 0.6) is 0 Å². The average molecular weight is 228 g/mol. The first kappa shape index (κ1) is 11.7. The van der Waals surface area contributed by atoms with E-state index in [4.69, 9.17) is 5.73 Å². The van der Waals surface area contributed by atoms with Gasteiger partial charge in [0, 0.05) is 24.2 Å². The van der Waals surface area contributed by atoms with Crippen LogP contribution < -0.4 is 5.73 Å². The smallest absolute Gasteiger partial charge is 0.0116 e. The molecule has 0 aromatic rings. The number of hydrogen-bond acceptors (Lipinski definition) is 3. The molecule has 3 unspecified atom stereocenters. The Kier molecular flexibility index (Phi) is 3.97. The molecule has 0 radical (unpaired) electrons. The van der Waals surface area contributed by atoms with Gasteiger partial charge in [-0.1, -0.05) is 0 Å². The molecule has 2 N–H and O–H groups in total. The maximum Gasteiger partial charge on any atom is 0.0116 e. The summed E-state index contributed by atoms with van der Waals surface area (Å²) in [6.45, 7) is 2.40. The van der Waals surface area contributed by atoms with Gasteiger partial charge in [0.25, 0.3) is 0 Å². The summed E-state index contributed by atoms with van der Waals surface area (Å²) in [5.74, 6) is 1.29. The molecule has 0 spiro atoms. The van der Waals surface area contributed by atoms with Gasteiger partial charge in [0.1, 0.15) is 0 Å². The van der Waals surface area contributed by atoms with Crippen molar-refractivity contribution >= 4 is 11.8 Å². The second-order valence-corrected chi connectivity index (χ2v) is 6.18. The van der Waals surface area contributed by atoms with Gasteiger partial charge in [-0.05, 0) is 51.0 Å². The summed E-state index contributed by atoms with van der Waals surface area (Å²) in [5, 5.41) is 0. The number of hydrogen-bond donors (Lipinski definition) is 1. The predicted molar refractivity (Wildman–Crippen MR) is 68.3 cm³/mol. The van der Waals surface area contributed by atoms with Crippen LogP contribution in [-0.4, -0.2) is 41.1 Å². The highest BCUT2D eigenvalue weighted by molar-refractivity contribution is 7.98. The van der Waals surface area contributed by atoms with E-state index in [9.17, 15) is 0 Å². The number of fused-ring (bicyclic) bond motifs is 2. The van der Waals surface area contributed by atoms with Crippen LogP contribution in [0.15, 0.2) is 0 Å². The van der Waals surface area contributed by atoms with Gasteiger partial charge >= 0.3 is 0 Å². The third-order valence-corrected chi connectivity index (χ3v) is 4.72. The van der Waals surface area contributed by atoms with Crippen LogP contribution in [-0.2, 0) is 0 Å². The standard InChI is InChI=1S/C12H24N2S/c1-9(5-6-15-2)14-11-3-4-12(14)8-10(13)7-11/h9-12H,3-8,13H2,1-2H3. The van der Waals surface area contributed by atoms with Crippen molar-refractivity contribution in [1.82, 2.24) is 4.90 Å². The van der Waals surface area contributed by atoms with Crippen LogP contribution in [0.4, 0.5) is 0 Å². The lowest BCUT2D eigenvalue weighted by Crippen LogP contribution is -2.51. The largest absolute Gasteiger partial charge is 0.328 e. The summed E-state index contributed by atoms with van der Waals surface area (Å²) < 4.78 is 0. The van der Waals surface area contributed by atoms with Crippen molar-refractivity contribution in [1.29, 1.82) is 0 Å². The van der Waals surface area contributed by atoms with Gasteiger partial charge < -0.3 is 5.73 Å². The molecule has 3 heteroatoms. The zero-order valence-corrected chi connectivity index (χ0v) is 10.8. The van der Waals surface area contributed by atoms with Crippen molar-refractivity contribution in [2.24, 2.45) is 5.73 Å². The molecule has 2 fully saturated rings. The number of nitrogens with zero attached hydrogens (tertiary/aromatic N) is 1. The lowest BCUT2D eigenvalue weighted by atomic mass is 9.96. The van der Waals surface area contributed by atoms with Crippen LogP contribution in [0.25, 0.3) is 0 Å². The van der Waals surface area contributed by atoms with Crippen LogP contribution in [0.3, 0.4) is 0 Å². The molecule has 15 heavy (non-hydrogen) atoms. The minimum Gasteiger partial charge on any atom is -0.328 e. The third kappa shape index (κ3) is 2.51. The first-order valence-electron chi connectivity index (χ1n) is 6.24. The summed E-state index contributed by atoms with van der Waals surface area (Å²) in [4.78, 5) is 2.78. The van der Waals surface area contributed by atoms with Crippen LogP contribution in [0.2, 0.25) is 0 Å².